The third kappa shape index (κ3) is 13.1. The third-order valence-electron chi connectivity index (χ3n) is 16.4. The first-order chi connectivity index (χ1) is 35.1. The van der Waals surface area contributed by atoms with Gasteiger partial charge < -0.3 is 52.8 Å². The average Bonchev–Trinajstić information content (AvgIpc) is 3.99. The lowest BCUT2D eigenvalue weighted by molar-refractivity contribution is -0.291. The summed E-state index contributed by atoms with van der Waals surface area (Å²) in [6.07, 6.45) is 5.29. The predicted molar refractivity (Wildman–Crippen MR) is 294 cm³/mol. The van der Waals surface area contributed by atoms with Gasteiger partial charge in [-0.15, -0.1) is 11.8 Å². The van der Waals surface area contributed by atoms with Crippen molar-refractivity contribution in [3.05, 3.63) is 46.2 Å². The van der Waals surface area contributed by atoms with Gasteiger partial charge >= 0.3 is 11.9 Å². The van der Waals surface area contributed by atoms with Crippen LogP contribution < -0.4 is 14.4 Å². The normalized spacial score (nSPS) is 36.0. The maximum Gasteiger partial charge on any atom is 0.320 e. The molecule has 5 fully saturated rings. The Bertz CT molecular complexity index is 2230. The Kier molecular flexibility index (Phi) is 20.6. The van der Waals surface area contributed by atoms with Crippen LogP contribution in [0.5, 0.6) is 11.5 Å². The summed E-state index contributed by atoms with van der Waals surface area (Å²) >= 11 is 16.8. The van der Waals surface area contributed by atoms with Crippen molar-refractivity contribution in [3.63, 3.8) is 0 Å². The number of aliphatic hydroxyl groups is 1. The van der Waals surface area contributed by atoms with Crippen molar-refractivity contribution in [2.45, 2.75) is 157 Å². The molecular weight excluding hydrogens is 1130 g/mol. The molecule has 15 atom stereocenters. The van der Waals surface area contributed by atoms with Crippen LogP contribution in [0.15, 0.2) is 30.6 Å². The average molecular weight is 1210 g/mol. The molecule has 1 saturated carbocycles. The number of methoxy groups -OCH3 is 2. The Balaban J connectivity index is 1.19. The molecule has 1 N–H and O–H groups in total. The summed E-state index contributed by atoms with van der Waals surface area (Å²) < 4.78 is 49.8. The van der Waals surface area contributed by atoms with Crippen LogP contribution in [0.25, 0.3) is 0 Å². The van der Waals surface area contributed by atoms with Crippen LogP contribution in [0, 0.1) is 29.6 Å². The molecule has 1 aromatic carbocycles. The summed E-state index contributed by atoms with van der Waals surface area (Å²) in [5.41, 5.74) is -1.10. The molecule has 4 aliphatic heterocycles. The Morgan fingerprint density at radius 3 is 2.27 bits per heavy atom. The molecule has 2 aromatic rings. The van der Waals surface area contributed by atoms with Crippen molar-refractivity contribution < 1.29 is 57.4 Å². The van der Waals surface area contributed by atoms with E-state index >= 15 is 4.79 Å². The van der Waals surface area contributed by atoms with E-state index in [2.05, 4.69) is 19.7 Å². The van der Waals surface area contributed by atoms with E-state index in [4.69, 9.17) is 61.1 Å². The molecule has 16 nitrogen and oxygen atoms in total. The van der Waals surface area contributed by atoms with Gasteiger partial charge in [-0.25, -0.2) is 0 Å². The number of benzene rings is 1. The zero-order valence-electron chi connectivity index (χ0n) is 44.9. The number of carbonyl (C=O) groups is 3. The van der Waals surface area contributed by atoms with Gasteiger partial charge in [0.15, 0.2) is 27.5 Å². The van der Waals surface area contributed by atoms with Crippen LogP contribution in [-0.4, -0.2) is 168 Å². The van der Waals surface area contributed by atoms with E-state index in [1.807, 2.05) is 89.5 Å². The molecule has 20 heteroatoms. The van der Waals surface area contributed by atoms with Gasteiger partial charge in [0.1, 0.15) is 11.0 Å². The van der Waals surface area contributed by atoms with Gasteiger partial charge in [-0.05, 0) is 115 Å². The summed E-state index contributed by atoms with van der Waals surface area (Å²) in [4.78, 5) is 54.9. The number of halogens is 3. The molecule has 5 heterocycles. The molecule has 4 saturated heterocycles. The van der Waals surface area contributed by atoms with Crippen molar-refractivity contribution >= 4 is 81.0 Å². The molecule has 414 valence electrons. The number of hydrogen-bond donors (Lipinski definition) is 1. The quantitative estimate of drug-likeness (QED) is 0.102. The highest BCUT2D eigenvalue weighted by molar-refractivity contribution is 14.1. The SMILES string of the molecule is COc1ccc(N(CCSC2C(=O)O[C@@]3(C)[C@H]2[C@@H](C)C(=O)[C@H](C)C[C@@](C)(OC)[C@H](O[C@@H]2O[C@H](C)C[C@@H](N4CCOCC4)[C@@H]2N(C)C)[C@@H](C)[C@H](O)[C@@H](C)C(=O)O[C@@H]3I)Cc2c(Cl)cncc2Cl)cc1OC1CCCC1. The van der Waals surface area contributed by atoms with Crippen LogP contribution >= 0.6 is 57.6 Å². The zero-order valence-corrected chi connectivity index (χ0v) is 49.4. The number of rotatable bonds is 15. The topological polar surface area (TPSA) is 168 Å². The van der Waals surface area contributed by atoms with E-state index in [1.54, 1.807) is 40.5 Å². The number of thioether (sulfide) groups is 1. The number of nitrogens with zero attached hydrogens (tertiary/aromatic N) is 4. The van der Waals surface area contributed by atoms with E-state index in [1.165, 1.54) is 11.8 Å². The highest BCUT2D eigenvalue weighted by Gasteiger charge is 2.62. The molecule has 0 radical (unpaired) electrons. The number of ether oxygens (including phenoxy) is 8. The van der Waals surface area contributed by atoms with Crippen LogP contribution in [0.3, 0.4) is 0 Å². The number of ketones is 1. The van der Waals surface area contributed by atoms with Gasteiger partial charge in [0.25, 0.3) is 0 Å². The fourth-order valence-corrected chi connectivity index (χ4v) is 14.9. The first-order valence-electron chi connectivity index (χ1n) is 26.2. The number of esters is 2. The number of cyclic esters (lactones) is 1. The molecule has 1 aromatic heterocycles. The molecule has 74 heavy (non-hydrogen) atoms. The van der Waals surface area contributed by atoms with Gasteiger partial charge in [-0.1, -0.05) is 44.0 Å². The van der Waals surface area contributed by atoms with Gasteiger partial charge in [-0.3, -0.25) is 24.3 Å². The predicted octanol–water partition coefficient (Wildman–Crippen LogP) is 8.50. The minimum absolute atomic E-state index is 0.0835. The molecule has 0 spiro atoms. The van der Waals surface area contributed by atoms with Crippen LogP contribution in [0.4, 0.5) is 5.69 Å². The fourth-order valence-electron chi connectivity index (χ4n) is 12.1. The number of aromatic nitrogens is 1. The molecule has 0 amide bonds. The minimum atomic E-state index is -1.43. The molecule has 0 bridgehead atoms. The Morgan fingerprint density at radius 2 is 1.64 bits per heavy atom. The van der Waals surface area contributed by atoms with E-state index < -0.39 is 80.6 Å². The lowest BCUT2D eigenvalue weighted by Crippen LogP contribution is -2.64. The summed E-state index contributed by atoms with van der Waals surface area (Å²) in [7, 11) is 7.24. The summed E-state index contributed by atoms with van der Waals surface area (Å²) in [5.74, 6) is -3.52. The summed E-state index contributed by atoms with van der Waals surface area (Å²) in [5, 5.41) is 12.3. The van der Waals surface area contributed by atoms with E-state index in [0.717, 1.165) is 50.9 Å². The fraction of sp³-hybridized carbons (Fsp3) is 0.741. The Labute approximate surface area is 466 Å². The van der Waals surface area contributed by atoms with Gasteiger partial charge in [-0.2, -0.15) is 0 Å². The molecular formula is C54H79Cl2IN4O12S. The van der Waals surface area contributed by atoms with Crippen LogP contribution in [-0.2, 0) is 49.3 Å². The van der Waals surface area contributed by atoms with Gasteiger partial charge in [0.2, 0.25) is 0 Å². The van der Waals surface area contributed by atoms with Crippen molar-refractivity contribution in [1.29, 1.82) is 0 Å². The molecule has 1 unspecified atom stereocenters. The lowest BCUT2D eigenvalue weighted by atomic mass is 9.72. The number of fused-ring (bicyclic) bond motifs is 1. The molecule has 7 rings (SSSR count). The minimum Gasteiger partial charge on any atom is -0.493 e. The standard InChI is InChI=1S/C54H79Cl2IN4O12S/c1-30-26-53(6,67-11)48(71-51-44(59(8)9)40(24-31(2)69-51)60-18-21-68-22-19-60)33(4)46(63)34(5)49(64)72-52(57)54(7)43(32(3)45(30)62)47(50(65)73-54)74-23-20-61(29-37-38(55)27-58-28-39(37)56)35-16-17-41(66-10)42(25-35)70-36-14-12-13-15-36/h16-17,25,27-28,30-34,36,40,43-44,46-48,51-52,63H,12-15,18-24,26,29H2,1-11H3/t30-,31-,32-,33+,34-,40-,43+,44+,46+,47?,48-,51+,52+,53-,54+/m1/s1. The number of hydrogen-bond acceptors (Lipinski definition) is 17. The second kappa shape index (κ2) is 25.7. The van der Waals surface area contributed by atoms with Gasteiger partial charge in [0, 0.05) is 98.5 Å². The Morgan fingerprint density at radius 1 is 0.959 bits per heavy atom. The third-order valence-corrected chi connectivity index (χ3v) is 19.8. The first kappa shape index (κ1) is 59.4. The van der Waals surface area contributed by atoms with Crippen LogP contribution in [0.2, 0.25) is 10.0 Å². The maximum absolute atomic E-state index is 15.2. The number of likely N-dealkylation sites (N-methyl/N-ethyl adjacent to an activating group) is 1. The molecule has 1 aliphatic carbocycles. The summed E-state index contributed by atoms with van der Waals surface area (Å²) in [6.45, 7) is 16.4. The summed E-state index contributed by atoms with van der Waals surface area (Å²) in [6, 6.07) is 5.68. The van der Waals surface area contributed by atoms with Crippen molar-refractivity contribution in [2.75, 3.05) is 71.8 Å². The Hall–Kier alpha value is -2.24. The number of Topliss-reactive ketones (excluding diaryl/α,β-unsaturated/α-hetero) is 1. The van der Waals surface area contributed by atoms with Crippen LogP contribution in [0.1, 0.15) is 92.6 Å². The highest BCUT2D eigenvalue weighted by Crippen LogP contribution is 2.50. The number of carbonyl (C=O) groups excluding carboxylic acids is 3. The largest absolute Gasteiger partial charge is 0.493 e. The maximum atomic E-state index is 15.2. The first-order valence-corrected chi connectivity index (χ1v) is 29.3. The second-order valence-electron chi connectivity index (χ2n) is 21.8. The lowest BCUT2D eigenvalue weighted by Gasteiger charge is -2.51. The second-order valence-corrected chi connectivity index (χ2v) is 25.0. The number of alkyl halides is 1. The van der Waals surface area contributed by atoms with Gasteiger partial charge in [0.05, 0.1) is 72.3 Å². The van der Waals surface area contributed by atoms with E-state index in [0.29, 0.717) is 59.2 Å². The van der Waals surface area contributed by atoms with Crippen molar-refractivity contribution in [3.8, 4) is 11.5 Å². The number of aliphatic hydroxyl groups excluding tert-OH is 1. The number of pyridine rings is 1. The molecule has 5 aliphatic rings. The van der Waals surface area contributed by atoms with Crippen molar-refractivity contribution in [2.24, 2.45) is 29.6 Å². The van der Waals surface area contributed by atoms with E-state index in [-0.39, 0.29) is 36.5 Å². The monoisotopic (exact) mass is 1200 g/mol. The number of anilines is 1. The zero-order chi connectivity index (χ0) is 53.8. The highest BCUT2D eigenvalue weighted by atomic mass is 127. The van der Waals surface area contributed by atoms with Crippen molar-refractivity contribution in [1.82, 2.24) is 14.8 Å². The smallest absolute Gasteiger partial charge is 0.320 e. The number of morpholine rings is 1. The van der Waals surface area contributed by atoms with E-state index in [9.17, 15) is 14.7 Å².